The monoisotopic (exact) mass is 369 g/mol. The lowest BCUT2D eigenvalue weighted by molar-refractivity contribution is 0.0739. The molecule has 0 bridgehead atoms. The third-order valence-corrected chi connectivity index (χ3v) is 4.47. The summed E-state index contributed by atoms with van der Waals surface area (Å²) in [7, 11) is 1.73. The van der Waals surface area contributed by atoms with E-state index in [4.69, 9.17) is 33.5 Å². The average Bonchev–Trinajstić information content (AvgIpc) is 2.87. The van der Waals surface area contributed by atoms with Crippen molar-refractivity contribution >= 4 is 29.1 Å². The molecule has 130 valence electrons. The fraction of sp³-hybridized carbons (Fsp3) is 0.412. The van der Waals surface area contributed by atoms with Gasteiger partial charge in [0.15, 0.2) is 0 Å². The van der Waals surface area contributed by atoms with E-state index < -0.39 is 0 Å². The molecule has 0 saturated carbocycles. The van der Waals surface area contributed by atoms with Crippen molar-refractivity contribution in [3.63, 3.8) is 0 Å². The summed E-state index contributed by atoms with van der Waals surface area (Å²) >= 11 is 12.5. The number of carbonyl (C=O) groups excluding carboxylic acids is 1. The van der Waals surface area contributed by atoms with Gasteiger partial charge in [-0.25, -0.2) is 0 Å². The quantitative estimate of drug-likeness (QED) is 0.863. The van der Waals surface area contributed by atoms with Crippen LogP contribution in [0.5, 0.6) is 0 Å². The zero-order valence-electron chi connectivity index (χ0n) is 14.2. The molecule has 1 aromatic carbocycles. The van der Waals surface area contributed by atoms with Gasteiger partial charge >= 0.3 is 0 Å². The number of aromatic nitrogens is 1. The van der Waals surface area contributed by atoms with Gasteiger partial charge in [-0.3, -0.25) is 4.79 Å². The van der Waals surface area contributed by atoms with Crippen molar-refractivity contribution in [2.75, 3.05) is 20.1 Å². The predicted molar refractivity (Wildman–Crippen MR) is 96.5 cm³/mol. The summed E-state index contributed by atoms with van der Waals surface area (Å²) in [6, 6.07) is 5.13. The largest absolute Gasteiger partial charge is 0.360 e. The van der Waals surface area contributed by atoms with Gasteiger partial charge in [0.25, 0.3) is 5.91 Å². The van der Waals surface area contributed by atoms with Gasteiger partial charge in [0.1, 0.15) is 17.0 Å². The second-order valence-corrected chi connectivity index (χ2v) is 7.40. The number of carbonyl (C=O) groups is 1. The maximum absolute atomic E-state index is 12.9. The molecular formula is C17H21Cl2N3O2. The Morgan fingerprint density at radius 1 is 1.33 bits per heavy atom. The number of amides is 1. The van der Waals surface area contributed by atoms with Gasteiger partial charge in [-0.1, -0.05) is 48.3 Å². The fourth-order valence-corrected chi connectivity index (χ4v) is 3.06. The number of halogens is 2. The first kappa shape index (κ1) is 18.8. The molecule has 0 atom stereocenters. The summed E-state index contributed by atoms with van der Waals surface area (Å²) in [5, 5.41) is 4.84. The zero-order chi connectivity index (χ0) is 18.1. The van der Waals surface area contributed by atoms with Crippen molar-refractivity contribution in [1.29, 1.82) is 0 Å². The molecule has 2 aromatic rings. The summed E-state index contributed by atoms with van der Waals surface area (Å²) in [5.41, 5.74) is 6.77. The maximum atomic E-state index is 12.9. The van der Waals surface area contributed by atoms with Gasteiger partial charge in [-0.2, -0.15) is 0 Å². The van der Waals surface area contributed by atoms with Crippen molar-refractivity contribution in [2.24, 2.45) is 11.1 Å². The molecule has 1 aromatic heterocycles. The van der Waals surface area contributed by atoms with Crippen molar-refractivity contribution in [2.45, 2.75) is 20.8 Å². The predicted octanol–water partition coefficient (Wildman–Crippen LogP) is 4.01. The molecule has 24 heavy (non-hydrogen) atoms. The first-order valence-corrected chi connectivity index (χ1v) is 8.29. The van der Waals surface area contributed by atoms with E-state index in [0.29, 0.717) is 45.7 Å². The summed E-state index contributed by atoms with van der Waals surface area (Å²) in [4.78, 5) is 14.5. The van der Waals surface area contributed by atoms with E-state index in [0.717, 1.165) is 0 Å². The van der Waals surface area contributed by atoms with Gasteiger partial charge in [-0.15, -0.1) is 0 Å². The van der Waals surface area contributed by atoms with Crippen LogP contribution in [0.2, 0.25) is 10.0 Å². The van der Waals surface area contributed by atoms with Crippen molar-refractivity contribution in [3.8, 4) is 11.3 Å². The topological polar surface area (TPSA) is 72.4 Å². The molecule has 0 aliphatic heterocycles. The average molecular weight is 370 g/mol. The second kappa shape index (κ2) is 7.13. The highest BCUT2D eigenvalue weighted by Gasteiger charge is 2.29. The Balaban J connectivity index is 2.46. The van der Waals surface area contributed by atoms with E-state index in [2.05, 4.69) is 5.16 Å². The summed E-state index contributed by atoms with van der Waals surface area (Å²) in [6.45, 7) is 6.67. The maximum Gasteiger partial charge on any atom is 0.259 e. The van der Waals surface area contributed by atoms with E-state index >= 15 is 0 Å². The van der Waals surface area contributed by atoms with Crippen LogP contribution in [0.3, 0.4) is 0 Å². The van der Waals surface area contributed by atoms with Crippen molar-refractivity contribution in [3.05, 3.63) is 39.6 Å². The van der Waals surface area contributed by atoms with Gasteiger partial charge in [0, 0.05) is 19.2 Å². The third kappa shape index (κ3) is 3.74. The number of aryl methyl sites for hydroxylation is 1. The van der Waals surface area contributed by atoms with Crippen molar-refractivity contribution < 1.29 is 9.32 Å². The number of nitrogens with two attached hydrogens (primary N) is 1. The first-order valence-electron chi connectivity index (χ1n) is 7.54. The minimum Gasteiger partial charge on any atom is -0.360 e. The zero-order valence-corrected chi connectivity index (χ0v) is 15.7. The molecule has 0 aliphatic rings. The van der Waals surface area contributed by atoms with Crippen LogP contribution in [0.15, 0.2) is 22.7 Å². The first-order chi connectivity index (χ1) is 11.2. The Bertz CT molecular complexity index is 736. The van der Waals surface area contributed by atoms with E-state index in [9.17, 15) is 4.79 Å². The standard InChI is InChI=1S/C17H21Cl2N3O2/c1-10-13(16(23)22(4)9-17(2,3)8-20)15(21-24-10)14-11(18)6-5-7-12(14)19/h5-7H,8-9,20H2,1-4H3. The SMILES string of the molecule is Cc1onc(-c2c(Cl)cccc2Cl)c1C(=O)N(C)CC(C)(C)CN. The lowest BCUT2D eigenvalue weighted by Crippen LogP contribution is -2.40. The lowest BCUT2D eigenvalue weighted by Gasteiger charge is -2.29. The second-order valence-electron chi connectivity index (χ2n) is 6.59. The number of benzene rings is 1. The number of nitrogens with zero attached hydrogens (tertiary/aromatic N) is 2. The molecule has 5 nitrogen and oxygen atoms in total. The fourth-order valence-electron chi connectivity index (χ4n) is 2.49. The van der Waals surface area contributed by atoms with Crippen LogP contribution in [0.1, 0.15) is 30.0 Å². The summed E-state index contributed by atoms with van der Waals surface area (Å²) < 4.78 is 5.25. The van der Waals surface area contributed by atoms with Crippen LogP contribution >= 0.6 is 23.2 Å². The van der Waals surface area contributed by atoms with E-state index in [-0.39, 0.29) is 11.3 Å². The Morgan fingerprint density at radius 3 is 2.46 bits per heavy atom. The Labute approximate surface area is 151 Å². The number of hydrogen-bond donors (Lipinski definition) is 1. The molecule has 7 heteroatoms. The van der Waals surface area contributed by atoms with Gasteiger partial charge < -0.3 is 15.2 Å². The van der Waals surface area contributed by atoms with E-state index in [1.165, 1.54) is 0 Å². The van der Waals surface area contributed by atoms with Crippen LogP contribution < -0.4 is 5.73 Å². The van der Waals surface area contributed by atoms with Gasteiger partial charge in [-0.05, 0) is 31.0 Å². The molecule has 0 fully saturated rings. The molecule has 2 rings (SSSR count). The normalized spacial score (nSPS) is 11.6. The Morgan fingerprint density at radius 2 is 1.92 bits per heavy atom. The molecule has 0 radical (unpaired) electrons. The molecule has 2 N–H and O–H groups in total. The summed E-state index contributed by atoms with van der Waals surface area (Å²) in [6.07, 6.45) is 0. The van der Waals surface area contributed by atoms with Crippen LogP contribution in [0, 0.1) is 12.3 Å². The number of rotatable bonds is 5. The van der Waals surface area contributed by atoms with Crippen LogP contribution in [-0.2, 0) is 0 Å². The molecule has 0 saturated heterocycles. The molecular weight excluding hydrogens is 349 g/mol. The van der Waals surface area contributed by atoms with Crippen LogP contribution in [0.25, 0.3) is 11.3 Å². The highest BCUT2D eigenvalue weighted by molar-refractivity contribution is 6.39. The molecule has 1 amide bonds. The van der Waals surface area contributed by atoms with Crippen LogP contribution in [0.4, 0.5) is 0 Å². The molecule has 0 aliphatic carbocycles. The minimum absolute atomic E-state index is 0.197. The third-order valence-electron chi connectivity index (χ3n) is 3.84. The van der Waals surface area contributed by atoms with Crippen LogP contribution in [-0.4, -0.2) is 36.1 Å². The Hall–Kier alpha value is -1.56. The smallest absolute Gasteiger partial charge is 0.259 e. The van der Waals surface area contributed by atoms with Crippen molar-refractivity contribution in [1.82, 2.24) is 10.1 Å². The Kier molecular flexibility index (Phi) is 5.58. The molecule has 1 heterocycles. The highest BCUT2D eigenvalue weighted by atomic mass is 35.5. The summed E-state index contributed by atoms with van der Waals surface area (Å²) in [5.74, 6) is 0.213. The minimum atomic E-state index is -0.207. The van der Waals surface area contributed by atoms with Gasteiger partial charge in [0.2, 0.25) is 0 Å². The lowest BCUT2D eigenvalue weighted by atomic mass is 9.93. The molecule has 0 spiro atoms. The number of hydrogen-bond acceptors (Lipinski definition) is 4. The van der Waals surface area contributed by atoms with Gasteiger partial charge in [0.05, 0.1) is 10.0 Å². The highest BCUT2D eigenvalue weighted by Crippen LogP contribution is 2.37. The van der Waals surface area contributed by atoms with E-state index in [1.807, 2.05) is 13.8 Å². The van der Waals surface area contributed by atoms with E-state index in [1.54, 1.807) is 37.1 Å². The molecule has 0 unspecified atom stereocenters.